The first kappa shape index (κ1) is 16.1. The van der Waals surface area contributed by atoms with Gasteiger partial charge in [0.2, 0.25) is 0 Å². The summed E-state index contributed by atoms with van der Waals surface area (Å²) in [5, 5.41) is 18.8. The van der Waals surface area contributed by atoms with Crippen molar-refractivity contribution >= 4 is 34.7 Å². The van der Waals surface area contributed by atoms with Crippen molar-refractivity contribution in [3.63, 3.8) is 0 Å². The smallest absolute Gasteiger partial charge is 0.271 e. The molecular formula is C12H17ClN2O3S. The van der Waals surface area contributed by atoms with Crippen LogP contribution in [-0.4, -0.2) is 41.4 Å². The molecule has 1 unspecified atom stereocenters. The largest absolute Gasteiger partial charge is 0.392 e. The first-order chi connectivity index (χ1) is 8.95. The molecule has 2 rings (SSSR count). The van der Waals surface area contributed by atoms with E-state index in [4.69, 9.17) is 16.7 Å². The summed E-state index contributed by atoms with van der Waals surface area (Å²) in [7, 11) is 1.96. The van der Waals surface area contributed by atoms with Crippen LogP contribution in [0, 0.1) is 10.1 Å². The second-order valence-corrected chi connectivity index (χ2v) is 5.63. The number of anilines is 1. The average molecular weight is 305 g/mol. The van der Waals surface area contributed by atoms with Crippen molar-refractivity contribution in [1.82, 2.24) is 0 Å². The zero-order chi connectivity index (χ0) is 14.4. The van der Waals surface area contributed by atoms with E-state index in [1.165, 1.54) is 0 Å². The lowest BCUT2D eigenvalue weighted by molar-refractivity contribution is -0.384. The van der Waals surface area contributed by atoms with Gasteiger partial charge in [-0.3, -0.25) is 10.1 Å². The Morgan fingerprint density at radius 3 is 2.79 bits per heavy atom. The van der Waals surface area contributed by atoms with Crippen molar-refractivity contribution in [1.29, 1.82) is 0 Å². The Morgan fingerprint density at radius 1 is 1.63 bits per heavy atom. The van der Waals surface area contributed by atoms with Crippen LogP contribution in [0.1, 0.15) is 6.92 Å². The molecule has 1 N–H and O–H groups in total. The molecule has 0 aliphatic carbocycles. The van der Waals surface area contributed by atoms with Crippen molar-refractivity contribution in [3.05, 3.63) is 28.3 Å². The number of aliphatic hydroxyl groups is 1. The molecule has 1 heterocycles. The number of aliphatic hydroxyl groups excluding tert-OH is 1. The minimum Gasteiger partial charge on any atom is -0.392 e. The molecule has 1 aliphatic heterocycles. The molecule has 7 heteroatoms. The summed E-state index contributed by atoms with van der Waals surface area (Å²) in [4.78, 5) is 13.4. The number of non-ortho nitro benzene ring substituents is 1. The van der Waals surface area contributed by atoms with Gasteiger partial charge < -0.3 is 10.0 Å². The normalized spacial score (nSPS) is 15.1. The molecule has 1 aromatic carbocycles. The van der Waals surface area contributed by atoms with Gasteiger partial charge in [0.05, 0.1) is 16.7 Å². The zero-order valence-corrected chi connectivity index (χ0v) is 12.4. The van der Waals surface area contributed by atoms with Crippen molar-refractivity contribution in [2.24, 2.45) is 0 Å². The van der Waals surface area contributed by atoms with Crippen LogP contribution in [0.25, 0.3) is 0 Å². The predicted octanol–water partition coefficient (Wildman–Crippen LogP) is 2.74. The number of nitro benzene ring substituents is 1. The predicted molar refractivity (Wildman–Crippen MR) is 79.5 cm³/mol. The van der Waals surface area contributed by atoms with Gasteiger partial charge in [-0.2, -0.15) is 0 Å². The first-order valence-electron chi connectivity index (χ1n) is 5.82. The van der Waals surface area contributed by atoms with Gasteiger partial charge >= 0.3 is 0 Å². The fourth-order valence-corrected chi connectivity index (χ4v) is 2.56. The molecule has 1 atom stereocenters. The number of thioether (sulfide) groups is 1. The number of hydrogen-bond donors (Lipinski definition) is 1. The van der Waals surface area contributed by atoms with Gasteiger partial charge in [0.1, 0.15) is 0 Å². The van der Waals surface area contributed by atoms with Crippen LogP contribution in [-0.2, 0) is 0 Å². The molecule has 0 fully saturated rings. The number of benzene rings is 1. The maximum Gasteiger partial charge on any atom is 0.271 e. The van der Waals surface area contributed by atoms with E-state index < -0.39 is 0 Å². The highest BCUT2D eigenvalue weighted by molar-refractivity contribution is 7.99. The van der Waals surface area contributed by atoms with Crippen LogP contribution in [0.15, 0.2) is 23.1 Å². The summed E-state index contributed by atoms with van der Waals surface area (Å²) in [6.07, 6.45) is -0.350. The third-order valence-electron chi connectivity index (χ3n) is 2.47. The van der Waals surface area contributed by atoms with E-state index in [1.807, 2.05) is 13.1 Å². The van der Waals surface area contributed by atoms with Gasteiger partial charge in [-0.25, -0.2) is 0 Å². The number of nitrogens with zero attached hydrogens (tertiary/aromatic N) is 2. The van der Waals surface area contributed by atoms with Crippen LogP contribution < -0.4 is 4.90 Å². The minimum atomic E-state index is -0.354. The number of fused-ring (bicyclic) bond motifs is 1. The molecule has 0 amide bonds. The number of alkyl halides is 1. The highest BCUT2D eigenvalue weighted by atomic mass is 35.5. The van der Waals surface area contributed by atoms with E-state index in [0.29, 0.717) is 5.88 Å². The van der Waals surface area contributed by atoms with E-state index in [0.717, 1.165) is 22.9 Å². The van der Waals surface area contributed by atoms with Gasteiger partial charge in [0.25, 0.3) is 5.69 Å². The van der Waals surface area contributed by atoms with Crippen LogP contribution >= 0.6 is 23.4 Å². The Labute approximate surface area is 121 Å². The summed E-state index contributed by atoms with van der Waals surface area (Å²) in [5.74, 6) is 1.38. The molecular weight excluding hydrogens is 288 g/mol. The molecule has 0 aromatic heterocycles. The van der Waals surface area contributed by atoms with E-state index >= 15 is 0 Å². The molecule has 1 aliphatic rings. The van der Waals surface area contributed by atoms with Crippen molar-refractivity contribution in [2.45, 2.75) is 17.9 Å². The molecule has 0 saturated heterocycles. The summed E-state index contributed by atoms with van der Waals surface area (Å²) in [5.41, 5.74) is 1.13. The Hall–Kier alpha value is -0.980. The van der Waals surface area contributed by atoms with Gasteiger partial charge in [-0.15, -0.1) is 23.4 Å². The average Bonchev–Trinajstić information content (AvgIpc) is 2.39. The third kappa shape index (κ3) is 4.89. The lowest BCUT2D eigenvalue weighted by Crippen LogP contribution is -2.24. The molecule has 1 aromatic rings. The van der Waals surface area contributed by atoms with Crippen LogP contribution in [0.3, 0.4) is 0 Å². The fraction of sp³-hybridized carbons (Fsp3) is 0.500. The molecule has 0 spiro atoms. The summed E-state index contributed by atoms with van der Waals surface area (Å²) in [6, 6.07) is 5.03. The molecule has 0 saturated carbocycles. The quantitative estimate of drug-likeness (QED) is 0.517. The van der Waals surface area contributed by atoms with Gasteiger partial charge in [0.15, 0.2) is 0 Å². The Morgan fingerprint density at radius 2 is 2.26 bits per heavy atom. The van der Waals surface area contributed by atoms with Crippen molar-refractivity contribution in [2.75, 3.05) is 30.1 Å². The maximum absolute atomic E-state index is 10.6. The Bertz CT molecular complexity index is 443. The number of nitro groups is 1. The molecule has 0 bridgehead atoms. The third-order valence-corrected chi connectivity index (χ3v) is 3.96. The van der Waals surface area contributed by atoms with Crippen molar-refractivity contribution < 1.29 is 10.0 Å². The minimum absolute atomic E-state index is 0.165. The lowest BCUT2D eigenvalue weighted by Gasteiger charge is -2.26. The monoisotopic (exact) mass is 304 g/mol. The van der Waals surface area contributed by atoms with Crippen molar-refractivity contribution in [3.8, 4) is 0 Å². The fourth-order valence-electron chi connectivity index (χ4n) is 1.45. The second kappa shape index (κ2) is 7.57. The van der Waals surface area contributed by atoms with Gasteiger partial charge in [-0.05, 0) is 13.0 Å². The molecule has 106 valence electrons. The number of halogens is 1. The standard InChI is InChI=1S/C9H10N2O2S.C3H7ClO/c1-10-4-5-14-9-3-2-7(11(12)13)6-8(9)10;1-3(5)2-4/h2-3,6H,4-5H2,1H3;3,5H,2H2,1H3. The Kier molecular flexibility index (Phi) is 6.41. The van der Waals surface area contributed by atoms with Crippen LogP contribution in [0.4, 0.5) is 11.4 Å². The SMILES string of the molecule is CC(O)CCl.CN1CCSc2ccc([N+](=O)[O-])cc21. The topological polar surface area (TPSA) is 66.6 Å². The highest BCUT2D eigenvalue weighted by Crippen LogP contribution is 2.36. The van der Waals surface area contributed by atoms with E-state index in [2.05, 4.69) is 4.90 Å². The van der Waals surface area contributed by atoms with E-state index in [1.54, 1.807) is 30.8 Å². The maximum atomic E-state index is 10.6. The van der Waals surface area contributed by atoms with E-state index in [9.17, 15) is 10.1 Å². The molecule has 5 nitrogen and oxygen atoms in total. The zero-order valence-electron chi connectivity index (χ0n) is 10.9. The van der Waals surface area contributed by atoms with E-state index in [-0.39, 0.29) is 16.7 Å². The molecule has 19 heavy (non-hydrogen) atoms. The highest BCUT2D eigenvalue weighted by Gasteiger charge is 2.17. The van der Waals surface area contributed by atoms with Gasteiger partial charge in [0, 0.05) is 42.3 Å². The summed E-state index contributed by atoms with van der Waals surface area (Å²) >= 11 is 6.84. The van der Waals surface area contributed by atoms with Crippen LogP contribution in [0.5, 0.6) is 0 Å². The summed E-state index contributed by atoms with van der Waals surface area (Å²) < 4.78 is 0. The molecule has 0 radical (unpaired) electrons. The van der Waals surface area contributed by atoms with Crippen LogP contribution in [0.2, 0.25) is 0 Å². The Balaban J connectivity index is 0.000000312. The number of hydrogen-bond acceptors (Lipinski definition) is 5. The van der Waals surface area contributed by atoms with Gasteiger partial charge in [-0.1, -0.05) is 0 Å². The summed E-state index contributed by atoms with van der Waals surface area (Å²) in [6.45, 7) is 2.59. The second-order valence-electron chi connectivity index (χ2n) is 4.18. The number of rotatable bonds is 2. The first-order valence-corrected chi connectivity index (χ1v) is 7.34. The lowest BCUT2D eigenvalue weighted by atomic mass is 10.2.